The van der Waals surface area contributed by atoms with Crippen molar-refractivity contribution < 1.29 is 47.4 Å². The lowest BCUT2D eigenvalue weighted by Gasteiger charge is -2.17. The Morgan fingerprint density at radius 1 is 0.506 bits per heavy atom. The molecule has 1 fully saturated rings. The molecule has 1 atom stereocenters. The second-order valence-electron chi connectivity index (χ2n) is 23.5. The smallest absolute Gasteiger partial charge is 0.306 e. The largest absolute Gasteiger partial charge is 0.446 e. The van der Waals surface area contributed by atoms with Gasteiger partial charge in [-0.1, -0.05) is 18.6 Å². The lowest BCUT2D eigenvalue weighted by molar-refractivity contribution is -0.646. The molecule has 1 aliphatic rings. The third-order valence-electron chi connectivity index (χ3n) is 16.3. The van der Waals surface area contributed by atoms with E-state index in [1.165, 1.54) is 54.7 Å². The Hall–Kier alpha value is -7.37. The van der Waals surface area contributed by atoms with Gasteiger partial charge in [0, 0.05) is 182 Å². The zero-order chi connectivity index (χ0) is 60.7. The van der Waals surface area contributed by atoms with Crippen molar-refractivity contribution in [1.29, 1.82) is 0 Å². The zero-order valence-corrected chi connectivity index (χ0v) is 51.4. The fourth-order valence-electron chi connectivity index (χ4n) is 11.5. The number of anilines is 2. The number of carbonyl (C=O) groups is 7. The molecule has 0 saturated heterocycles. The van der Waals surface area contributed by atoms with Crippen molar-refractivity contribution in [3.63, 3.8) is 0 Å². The second-order valence-corrected chi connectivity index (χ2v) is 23.5. The van der Waals surface area contributed by atoms with Crippen molar-refractivity contribution in [2.75, 3.05) is 71.7 Å². The Balaban J connectivity index is 0.837. The number of nitrogens with zero attached hydrogens (tertiary/aromatic N) is 4. The molecule has 6 aromatic rings. The summed E-state index contributed by atoms with van der Waals surface area (Å²) in [4.78, 5) is 93.0. The van der Waals surface area contributed by atoms with Crippen molar-refractivity contribution in [2.45, 2.75) is 161 Å². The van der Waals surface area contributed by atoms with Gasteiger partial charge in [-0.15, -0.1) is 0 Å². The molecule has 1 unspecified atom stereocenters. The van der Waals surface area contributed by atoms with Crippen molar-refractivity contribution in [3.8, 4) is 0 Å². The number of aromatic nitrogens is 2. The molecule has 2 heterocycles. The summed E-state index contributed by atoms with van der Waals surface area (Å²) in [5, 5.41) is 20.4. The minimum atomic E-state index is -1.31. The SMILES string of the molecule is CNCc1ccc2cc3ccc(CNC)cc3[n+](CCCCCC(=O)NCCCCCNC(=O)C(CCCCNC(=O)CCCC(=O)OC3C(=O)CCC3=O)CC(=O)CCCCC[n+]3c4cc(N(C)C)ccc4cc4ccc(N(C)C)cc43)c2c1. The van der Waals surface area contributed by atoms with Gasteiger partial charge in [-0.05, 0) is 138 Å². The fourth-order valence-corrected chi connectivity index (χ4v) is 11.5. The van der Waals surface area contributed by atoms with Crippen molar-refractivity contribution in [3.05, 3.63) is 96.1 Å². The standard InChI is InChI=1S/C68H91N9O8/c1-69-46-48-24-26-50-41-51-27-25-49(47-70-2)40-59(51)76(58(50)39-48)37-17-8-11-21-64(81)71-34-13-9-14-36-73-68(84)54(19-12-15-35-72-65(82)22-18-23-66(83)85-67-62(79)32-33-63(67)80)43-57(78)20-10-7-16-38-77-60-44-55(74(3)4)30-28-52(60)42-53-29-31-56(75(5)6)45-61(53)77/h24-31,39-42,44-45,54,67,69-70H,7-23,32-38,43,46-47H2,1-6H3,(H-2,71,72,73,81,82,84)/p+2. The third kappa shape index (κ3) is 19.6. The maximum atomic E-state index is 13.8. The van der Waals surface area contributed by atoms with Crippen LogP contribution < -0.4 is 45.5 Å². The minimum Gasteiger partial charge on any atom is -0.446 e. The highest BCUT2D eigenvalue weighted by Crippen LogP contribution is 2.27. The molecule has 0 bridgehead atoms. The summed E-state index contributed by atoms with van der Waals surface area (Å²) < 4.78 is 9.91. The molecule has 0 aliphatic heterocycles. The van der Waals surface area contributed by atoms with Crippen LogP contribution in [0.25, 0.3) is 43.6 Å². The van der Waals surface area contributed by atoms with E-state index < -0.39 is 18.0 Å². The number of benzene rings is 4. The van der Waals surface area contributed by atoms with Crippen LogP contribution in [-0.2, 0) is 64.5 Å². The molecule has 456 valence electrons. The predicted octanol–water partition coefficient (Wildman–Crippen LogP) is 8.54. The average molecular weight is 1160 g/mol. The maximum absolute atomic E-state index is 13.8. The molecule has 85 heavy (non-hydrogen) atoms. The summed E-state index contributed by atoms with van der Waals surface area (Å²) in [5.41, 5.74) is 9.51. The highest BCUT2D eigenvalue weighted by molar-refractivity contribution is 6.12. The number of hydrogen-bond donors (Lipinski definition) is 5. The van der Waals surface area contributed by atoms with E-state index in [0.29, 0.717) is 51.7 Å². The van der Waals surface area contributed by atoms with Gasteiger partial charge in [0.2, 0.25) is 45.9 Å². The fraction of sp³-hybridized carbons (Fsp3) is 0.515. The molecule has 3 amide bonds. The molecule has 1 aliphatic carbocycles. The van der Waals surface area contributed by atoms with Crippen molar-refractivity contribution >= 4 is 96.0 Å². The number of nitrogens with one attached hydrogen (secondary N) is 5. The van der Waals surface area contributed by atoms with Crippen LogP contribution in [0.15, 0.2) is 84.9 Å². The summed E-state index contributed by atoms with van der Waals surface area (Å²) in [7, 11) is 12.1. The van der Waals surface area contributed by atoms with Crippen LogP contribution in [0.1, 0.15) is 140 Å². The van der Waals surface area contributed by atoms with Gasteiger partial charge in [0.05, 0.1) is 0 Å². The van der Waals surface area contributed by atoms with E-state index in [2.05, 4.69) is 159 Å². The number of ether oxygens (including phenoxy) is 1. The summed E-state index contributed by atoms with van der Waals surface area (Å²) in [6, 6.07) is 31.0. The van der Waals surface area contributed by atoms with Gasteiger partial charge in [0.25, 0.3) is 0 Å². The van der Waals surface area contributed by atoms with E-state index in [1.807, 2.05) is 14.1 Å². The number of pyridine rings is 2. The quantitative estimate of drug-likeness (QED) is 0.00819. The molecule has 4 aromatic carbocycles. The molecule has 0 radical (unpaired) electrons. The number of unbranched alkanes of at least 4 members (excludes halogenated alkanes) is 7. The first-order valence-electron chi connectivity index (χ1n) is 31.1. The third-order valence-corrected chi connectivity index (χ3v) is 16.3. The van der Waals surface area contributed by atoms with E-state index in [4.69, 9.17) is 4.74 Å². The number of fused-ring (bicyclic) bond motifs is 4. The van der Waals surface area contributed by atoms with Crippen LogP contribution in [-0.4, -0.2) is 109 Å². The molecule has 7 rings (SSSR count). The summed E-state index contributed by atoms with van der Waals surface area (Å²) in [6.07, 6.45) is 9.35. The Bertz CT molecular complexity index is 3140. The van der Waals surface area contributed by atoms with Gasteiger partial charge < -0.3 is 41.1 Å². The van der Waals surface area contributed by atoms with Gasteiger partial charge in [-0.25, -0.2) is 0 Å². The first-order chi connectivity index (χ1) is 41.1. The predicted molar refractivity (Wildman–Crippen MR) is 337 cm³/mol. The molecule has 17 nitrogen and oxygen atoms in total. The monoisotopic (exact) mass is 1160 g/mol. The number of esters is 1. The van der Waals surface area contributed by atoms with E-state index in [0.717, 1.165) is 95.3 Å². The van der Waals surface area contributed by atoms with Crippen LogP contribution in [0.4, 0.5) is 11.4 Å². The molecule has 2 aromatic heterocycles. The van der Waals surface area contributed by atoms with Crippen LogP contribution >= 0.6 is 0 Å². The average Bonchev–Trinajstić information content (AvgIpc) is 1.94. The summed E-state index contributed by atoms with van der Waals surface area (Å²) in [5.74, 6) is -2.20. The lowest BCUT2D eigenvalue weighted by atomic mass is 9.93. The highest BCUT2D eigenvalue weighted by Gasteiger charge is 2.36. The Morgan fingerprint density at radius 3 is 1.46 bits per heavy atom. The van der Waals surface area contributed by atoms with E-state index in [1.54, 1.807) is 0 Å². The van der Waals surface area contributed by atoms with E-state index in [9.17, 15) is 33.6 Å². The Kier molecular flexibility index (Phi) is 25.6. The minimum absolute atomic E-state index is 0.0579. The van der Waals surface area contributed by atoms with E-state index >= 15 is 0 Å². The van der Waals surface area contributed by atoms with Gasteiger partial charge in [-0.3, -0.25) is 33.6 Å². The maximum Gasteiger partial charge on any atom is 0.306 e. The molecular formula is C68H93N9O8+2. The lowest BCUT2D eigenvalue weighted by Crippen LogP contribution is -2.36. The molecular weight excluding hydrogens is 1070 g/mol. The van der Waals surface area contributed by atoms with Crippen LogP contribution in [0, 0.1) is 5.92 Å². The molecule has 17 heteroatoms. The summed E-state index contributed by atoms with van der Waals surface area (Å²) in [6.45, 7) is 4.68. The molecule has 0 spiro atoms. The molecule has 5 N–H and O–H groups in total. The first kappa shape index (κ1) is 65.2. The van der Waals surface area contributed by atoms with Crippen molar-refractivity contribution in [1.82, 2.24) is 26.6 Å². The van der Waals surface area contributed by atoms with Crippen LogP contribution in [0.5, 0.6) is 0 Å². The Morgan fingerprint density at radius 2 is 0.953 bits per heavy atom. The van der Waals surface area contributed by atoms with Gasteiger partial charge in [-0.2, -0.15) is 9.13 Å². The molecule has 1 saturated carbocycles. The number of Topliss-reactive ketones (excluding diaryl/α,β-unsaturated/α-hetero) is 3. The highest BCUT2D eigenvalue weighted by atomic mass is 16.6. The second kappa shape index (κ2) is 33.4. The van der Waals surface area contributed by atoms with E-state index in [-0.39, 0.29) is 73.6 Å². The first-order valence-corrected chi connectivity index (χ1v) is 31.1. The van der Waals surface area contributed by atoms with Gasteiger partial charge in [0.1, 0.15) is 18.9 Å². The topological polar surface area (TPSA) is 203 Å². The number of rotatable bonds is 37. The number of aryl methyl sites for hydroxylation is 2. The number of carbonyl (C=O) groups excluding carboxylic acids is 7. The summed E-state index contributed by atoms with van der Waals surface area (Å²) >= 11 is 0. The van der Waals surface area contributed by atoms with Crippen LogP contribution in [0.3, 0.4) is 0 Å². The zero-order valence-electron chi connectivity index (χ0n) is 51.4. The normalized spacial score (nSPS) is 13.0. The number of amides is 3. The van der Waals surface area contributed by atoms with Gasteiger partial charge in [0.15, 0.2) is 11.6 Å². The van der Waals surface area contributed by atoms with Gasteiger partial charge >= 0.3 is 5.97 Å². The number of ketones is 3. The van der Waals surface area contributed by atoms with Crippen LogP contribution in [0.2, 0.25) is 0 Å². The number of hydrogen-bond acceptors (Lipinski definition) is 12. The van der Waals surface area contributed by atoms with Crippen molar-refractivity contribution in [2.24, 2.45) is 5.92 Å². The Labute approximate surface area is 502 Å².